The number of likely N-dealkylation sites (tertiary alicyclic amines) is 2. The van der Waals surface area contributed by atoms with E-state index < -0.39 is 6.04 Å². The van der Waals surface area contributed by atoms with Crippen molar-refractivity contribution in [3.8, 4) is 0 Å². The molecule has 0 aliphatic carbocycles. The molecule has 150 valence electrons. The fourth-order valence-electron chi connectivity index (χ4n) is 3.99. The number of likely N-dealkylation sites (N-methyl/N-ethyl adjacent to an activating group) is 1. The summed E-state index contributed by atoms with van der Waals surface area (Å²) in [5, 5.41) is 12.8. The van der Waals surface area contributed by atoms with Crippen LogP contribution in [0.15, 0.2) is 24.3 Å². The average molecular weight is 416 g/mol. The molecule has 3 rings (SSSR count). The molecule has 6 nitrogen and oxygen atoms in total. The van der Waals surface area contributed by atoms with Crippen molar-refractivity contribution in [2.45, 2.75) is 31.8 Å². The molecule has 1 spiro atoms. The van der Waals surface area contributed by atoms with Gasteiger partial charge in [0.05, 0.1) is 6.61 Å². The SMILES string of the molecule is CN[C@@H](CO)C(=O)N1CCC2(CC1)CC(=O)N(Cc1ccc(Cl)cc1)C2.Cl. The lowest BCUT2D eigenvalue weighted by Gasteiger charge is -2.39. The first kappa shape index (κ1) is 22.0. The Morgan fingerprint density at radius 1 is 1.30 bits per heavy atom. The molecule has 2 fully saturated rings. The van der Waals surface area contributed by atoms with Crippen LogP contribution in [0.1, 0.15) is 24.8 Å². The van der Waals surface area contributed by atoms with Gasteiger partial charge in [-0.05, 0) is 37.6 Å². The number of amides is 2. The van der Waals surface area contributed by atoms with Gasteiger partial charge in [-0.3, -0.25) is 9.59 Å². The van der Waals surface area contributed by atoms with Gasteiger partial charge in [-0.1, -0.05) is 23.7 Å². The Kier molecular flexibility index (Phi) is 7.51. The van der Waals surface area contributed by atoms with Crippen molar-refractivity contribution < 1.29 is 14.7 Å². The van der Waals surface area contributed by atoms with E-state index in [9.17, 15) is 14.7 Å². The third-order valence-electron chi connectivity index (χ3n) is 5.66. The van der Waals surface area contributed by atoms with Gasteiger partial charge in [-0.2, -0.15) is 0 Å². The molecule has 8 heteroatoms. The first-order valence-corrected chi connectivity index (χ1v) is 9.43. The van der Waals surface area contributed by atoms with Crippen molar-refractivity contribution in [2.24, 2.45) is 5.41 Å². The molecule has 2 saturated heterocycles. The van der Waals surface area contributed by atoms with Crippen LogP contribution in [0, 0.1) is 5.41 Å². The van der Waals surface area contributed by atoms with E-state index in [2.05, 4.69) is 5.32 Å². The Balaban J connectivity index is 0.00000261. The van der Waals surface area contributed by atoms with Gasteiger partial charge < -0.3 is 20.2 Å². The van der Waals surface area contributed by atoms with E-state index in [0.29, 0.717) is 31.1 Å². The average Bonchev–Trinajstić information content (AvgIpc) is 2.93. The summed E-state index contributed by atoms with van der Waals surface area (Å²) in [6.07, 6.45) is 2.20. The van der Waals surface area contributed by atoms with Crippen LogP contribution in [0.5, 0.6) is 0 Å². The van der Waals surface area contributed by atoms with Gasteiger partial charge in [0.15, 0.2) is 0 Å². The van der Waals surface area contributed by atoms with Crippen molar-refractivity contribution >= 4 is 35.8 Å². The van der Waals surface area contributed by atoms with Crippen molar-refractivity contribution in [3.63, 3.8) is 0 Å². The van der Waals surface area contributed by atoms with Crippen LogP contribution in [0.3, 0.4) is 0 Å². The predicted octanol–water partition coefficient (Wildman–Crippen LogP) is 1.68. The standard InChI is InChI=1S/C19H26ClN3O3.ClH/c1-21-16(12-24)18(26)22-8-6-19(7-9-22)10-17(25)23(13-19)11-14-2-4-15(20)5-3-14;/h2-5,16,21,24H,6-13H2,1H3;1H/t16-;/m0./s1. The van der Waals surface area contributed by atoms with E-state index in [-0.39, 0.29) is 36.2 Å². The summed E-state index contributed by atoms with van der Waals surface area (Å²) in [4.78, 5) is 28.6. The van der Waals surface area contributed by atoms with Crippen LogP contribution in [0.4, 0.5) is 0 Å². The van der Waals surface area contributed by atoms with E-state index in [4.69, 9.17) is 11.6 Å². The molecular formula is C19H27Cl2N3O3. The minimum atomic E-state index is -0.546. The van der Waals surface area contributed by atoms with Crippen LogP contribution in [-0.2, 0) is 16.1 Å². The summed E-state index contributed by atoms with van der Waals surface area (Å²) in [5.41, 5.74) is 1.04. The van der Waals surface area contributed by atoms with Crippen molar-refractivity contribution in [2.75, 3.05) is 33.3 Å². The molecule has 0 aromatic heterocycles. The maximum Gasteiger partial charge on any atom is 0.242 e. The summed E-state index contributed by atoms with van der Waals surface area (Å²) >= 11 is 5.92. The number of aliphatic hydroxyl groups excluding tert-OH is 1. The minimum Gasteiger partial charge on any atom is -0.394 e. The van der Waals surface area contributed by atoms with E-state index in [0.717, 1.165) is 24.9 Å². The zero-order valence-corrected chi connectivity index (χ0v) is 17.1. The molecule has 0 radical (unpaired) electrons. The first-order chi connectivity index (χ1) is 12.5. The number of benzene rings is 1. The second-order valence-corrected chi connectivity index (χ2v) is 7.84. The molecule has 1 aromatic carbocycles. The van der Waals surface area contributed by atoms with Gasteiger partial charge in [-0.15, -0.1) is 12.4 Å². The molecule has 27 heavy (non-hydrogen) atoms. The number of nitrogens with zero attached hydrogens (tertiary/aromatic N) is 2. The third kappa shape index (κ3) is 4.93. The van der Waals surface area contributed by atoms with E-state index in [1.54, 1.807) is 11.9 Å². The summed E-state index contributed by atoms with van der Waals surface area (Å²) in [5.74, 6) is 0.121. The van der Waals surface area contributed by atoms with Crippen molar-refractivity contribution in [1.29, 1.82) is 0 Å². The summed E-state index contributed by atoms with van der Waals surface area (Å²) in [7, 11) is 1.68. The molecule has 2 aliphatic heterocycles. The lowest BCUT2D eigenvalue weighted by atomic mass is 9.77. The Morgan fingerprint density at radius 2 is 1.93 bits per heavy atom. The Morgan fingerprint density at radius 3 is 2.48 bits per heavy atom. The fourth-order valence-corrected chi connectivity index (χ4v) is 4.11. The lowest BCUT2D eigenvalue weighted by molar-refractivity contribution is -0.136. The second kappa shape index (κ2) is 9.24. The van der Waals surface area contributed by atoms with Gasteiger partial charge in [0.25, 0.3) is 0 Å². The minimum absolute atomic E-state index is 0. The second-order valence-electron chi connectivity index (χ2n) is 7.40. The number of hydrogen-bond donors (Lipinski definition) is 2. The molecule has 0 bridgehead atoms. The Bertz CT molecular complexity index is 657. The predicted molar refractivity (Wildman–Crippen MR) is 107 cm³/mol. The van der Waals surface area contributed by atoms with Gasteiger partial charge in [0.2, 0.25) is 11.8 Å². The number of piperidine rings is 1. The highest BCUT2D eigenvalue weighted by atomic mass is 35.5. The van der Waals surface area contributed by atoms with Crippen molar-refractivity contribution in [3.05, 3.63) is 34.9 Å². The molecule has 2 amide bonds. The zero-order valence-electron chi connectivity index (χ0n) is 15.5. The summed E-state index contributed by atoms with van der Waals surface area (Å²) < 4.78 is 0. The smallest absolute Gasteiger partial charge is 0.242 e. The van der Waals surface area contributed by atoms with Crippen molar-refractivity contribution in [1.82, 2.24) is 15.1 Å². The number of aliphatic hydroxyl groups is 1. The molecule has 1 aromatic rings. The molecular weight excluding hydrogens is 389 g/mol. The van der Waals surface area contributed by atoms with Gasteiger partial charge >= 0.3 is 0 Å². The molecule has 0 unspecified atom stereocenters. The summed E-state index contributed by atoms with van der Waals surface area (Å²) in [6, 6.07) is 7.05. The van der Waals surface area contributed by atoms with Crippen LogP contribution in [0.25, 0.3) is 0 Å². The van der Waals surface area contributed by atoms with Crippen LogP contribution in [-0.4, -0.2) is 66.1 Å². The lowest BCUT2D eigenvalue weighted by Crippen LogP contribution is -2.51. The molecule has 0 saturated carbocycles. The Labute approximate surface area is 171 Å². The van der Waals surface area contributed by atoms with Crippen LogP contribution >= 0.6 is 24.0 Å². The molecule has 2 aliphatic rings. The van der Waals surface area contributed by atoms with Gasteiger partial charge in [-0.25, -0.2) is 0 Å². The highest BCUT2D eigenvalue weighted by Gasteiger charge is 2.45. The highest BCUT2D eigenvalue weighted by Crippen LogP contribution is 2.41. The number of nitrogens with one attached hydrogen (secondary N) is 1. The number of carbonyl (C=O) groups excluding carboxylic acids is 2. The van der Waals surface area contributed by atoms with Gasteiger partial charge in [0, 0.05) is 43.0 Å². The number of halogens is 2. The topological polar surface area (TPSA) is 72.9 Å². The number of carbonyl (C=O) groups is 2. The van der Waals surface area contributed by atoms with Crippen LogP contribution in [0.2, 0.25) is 5.02 Å². The van der Waals surface area contributed by atoms with Gasteiger partial charge in [0.1, 0.15) is 6.04 Å². The first-order valence-electron chi connectivity index (χ1n) is 9.05. The largest absolute Gasteiger partial charge is 0.394 e. The fraction of sp³-hybridized carbons (Fsp3) is 0.579. The van der Waals surface area contributed by atoms with E-state index >= 15 is 0 Å². The highest BCUT2D eigenvalue weighted by molar-refractivity contribution is 6.30. The van der Waals surface area contributed by atoms with E-state index in [1.807, 2.05) is 29.2 Å². The summed E-state index contributed by atoms with van der Waals surface area (Å²) in [6.45, 7) is 2.42. The maximum absolute atomic E-state index is 12.5. The molecule has 2 N–H and O–H groups in total. The quantitative estimate of drug-likeness (QED) is 0.766. The maximum atomic E-state index is 12.5. The normalized spacial score (nSPS) is 19.9. The van der Waals surface area contributed by atoms with Crippen LogP contribution < -0.4 is 5.32 Å². The molecule has 1 atom stereocenters. The third-order valence-corrected chi connectivity index (χ3v) is 5.91. The number of rotatable bonds is 5. The monoisotopic (exact) mass is 415 g/mol. The zero-order chi connectivity index (χ0) is 18.7. The Hall–Kier alpha value is -1.34. The van der Waals surface area contributed by atoms with E-state index in [1.165, 1.54) is 0 Å². The molecule has 2 heterocycles. The number of hydrogen-bond acceptors (Lipinski definition) is 4.